The maximum absolute atomic E-state index is 3.23. The van der Waals surface area contributed by atoms with Crippen molar-refractivity contribution >= 4 is 0 Å². The molecule has 2 heterocycles. The molecule has 0 atom stereocenters. The smallest absolute Gasteiger partial charge is 0.00106 e. The molecular weight excluding hydrogens is 222 g/mol. The van der Waals surface area contributed by atoms with Gasteiger partial charge in [0.05, 0.1) is 0 Å². The summed E-state index contributed by atoms with van der Waals surface area (Å²) in [4.78, 5) is 5.36. The highest BCUT2D eigenvalue weighted by atomic mass is 15.2. The van der Waals surface area contributed by atoms with E-state index in [0.717, 1.165) is 5.92 Å². The van der Waals surface area contributed by atoms with Crippen LogP contribution in [0.3, 0.4) is 0 Å². The van der Waals surface area contributed by atoms with Gasteiger partial charge in [0.15, 0.2) is 0 Å². The van der Waals surface area contributed by atoms with E-state index >= 15 is 0 Å². The van der Waals surface area contributed by atoms with E-state index in [2.05, 4.69) is 15.1 Å². The summed E-state index contributed by atoms with van der Waals surface area (Å²) >= 11 is 0. The predicted molar refractivity (Wildman–Crippen MR) is 78.0 cm³/mol. The van der Waals surface area contributed by atoms with Gasteiger partial charge in [-0.1, -0.05) is 0 Å². The number of hydrogen-bond acceptors (Lipinski definition) is 3. The molecule has 0 unspecified atom stereocenters. The maximum Gasteiger partial charge on any atom is 0.00106 e. The van der Waals surface area contributed by atoms with Crippen molar-refractivity contribution in [2.45, 2.75) is 38.5 Å². The minimum atomic E-state index is 0.983. The van der Waals surface area contributed by atoms with Gasteiger partial charge in [-0.3, -0.25) is 0 Å². The Labute approximate surface area is 113 Å². The summed E-state index contributed by atoms with van der Waals surface area (Å²) in [5, 5.41) is 3.23. The molecule has 2 fully saturated rings. The first-order valence-corrected chi connectivity index (χ1v) is 7.98. The molecule has 3 nitrogen and oxygen atoms in total. The van der Waals surface area contributed by atoms with Gasteiger partial charge < -0.3 is 15.1 Å². The Morgan fingerprint density at radius 3 is 2.33 bits per heavy atom. The van der Waals surface area contributed by atoms with Gasteiger partial charge in [-0.2, -0.15) is 0 Å². The Balaban J connectivity index is 1.53. The van der Waals surface area contributed by atoms with Crippen LogP contribution in [0.5, 0.6) is 0 Å². The van der Waals surface area contributed by atoms with Gasteiger partial charge in [-0.05, 0) is 90.8 Å². The Hall–Kier alpha value is -0.120. The molecule has 18 heavy (non-hydrogen) atoms. The third kappa shape index (κ3) is 4.87. The molecule has 3 heteroatoms. The van der Waals surface area contributed by atoms with E-state index in [1.807, 2.05) is 7.05 Å². The molecular formula is C15H31N3. The van der Waals surface area contributed by atoms with Crippen molar-refractivity contribution in [2.75, 3.05) is 52.9 Å². The van der Waals surface area contributed by atoms with Gasteiger partial charge in [-0.15, -0.1) is 0 Å². The fraction of sp³-hybridized carbons (Fsp3) is 1.00. The van der Waals surface area contributed by atoms with Gasteiger partial charge in [0.1, 0.15) is 0 Å². The van der Waals surface area contributed by atoms with Crippen LogP contribution >= 0.6 is 0 Å². The molecule has 0 aromatic rings. The number of piperidine rings is 1. The van der Waals surface area contributed by atoms with Crippen molar-refractivity contribution in [3.8, 4) is 0 Å². The zero-order chi connectivity index (χ0) is 12.6. The summed E-state index contributed by atoms with van der Waals surface area (Å²) in [7, 11) is 2.05. The highest BCUT2D eigenvalue weighted by Gasteiger charge is 2.22. The van der Waals surface area contributed by atoms with Crippen LogP contribution in [0, 0.1) is 5.92 Å². The first-order valence-electron chi connectivity index (χ1n) is 7.98. The van der Waals surface area contributed by atoms with Crippen LogP contribution in [0.1, 0.15) is 38.5 Å². The zero-order valence-corrected chi connectivity index (χ0v) is 12.2. The maximum atomic E-state index is 3.23. The van der Waals surface area contributed by atoms with Crippen LogP contribution in [0.25, 0.3) is 0 Å². The lowest BCUT2D eigenvalue weighted by atomic mass is 9.96. The first-order chi connectivity index (χ1) is 8.88. The molecule has 2 saturated heterocycles. The Morgan fingerprint density at radius 2 is 1.67 bits per heavy atom. The average molecular weight is 253 g/mol. The van der Waals surface area contributed by atoms with Crippen LogP contribution in [-0.4, -0.2) is 62.7 Å². The Bertz CT molecular complexity index is 206. The van der Waals surface area contributed by atoms with Gasteiger partial charge in [0.2, 0.25) is 0 Å². The molecule has 2 rings (SSSR count). The van der Waals surface area contributed by atoms with Crippen molar-refractivity contribution in [3.05, 3.63) is 0 Å². The van der Waals surface area contributed by atoms with Crippen molar-refractivity contribution < 1.29 is 0 Å². The minimum Gasteiger partial charge on any atom is -0.320 e. The molecule has 0 amide bonds. The molecule has 0 saturated carbocycles. The van der Waals surface area contributed by atoms with Gasteiger partial charge in [-0.25, -0.2) is 0 Å². The van der Waals surface area contributed by atoms with E-state index in [9.17, 15) is 0 Å². The third-order valence-electron chi connectivity index (χ3n) is 4.57. The molecule has 2 aliphatic heterocycles. The molecule has 0 aromatic heterocycles. The molecule has 2 aliphatic rings. The highest BCUT2D eigenvalue weighted by molar-refractivity contribution is 4.77. The topological polar surface area (TPSA) is 18.5 Å². The lowest BCUT2D eigenvalue weighted by Crippen LogP contribution is -2.38. The zero-order valence-electron chi connectivity index (χ0n) is 12.2. The quantitative estimate of drug-likeness (QED) is 0.698. The van der Waals surface area contributed by atoms with E-state index in [1.54, 1.807) is 0 Å². The summed E-state index contributed by atoms with van der Waals surface area (Å²) in [6.07, 6.45) is 8.42. The standard InChI is InChI=1S/C15H31N3/c1-16-8-2-3-9-17-12-6-15(7-13-17)14-18-10-4-5-11-18/h15-16H,2-14H2,1H3. The van der Waals surface area contributed by atoms with E-state index in [1.165, 1.54) is 84.3 Å². The second-order valence-electron chi connectivity index (χ2n) is 6.10. The predicted octanol–water partition coefficient (Wildman–Crippen LogP) is 1.79. The molecule has 1 N–H and O–H groups in total. The Kier molecular flexibility index (Phi) is 6.46. The number of nitrogens with zero attached hydrogens (tertiary/aromatic N) is 2. The van der Waals surface area contributed by atoms with Crippen LogP contribution in [0.2, 0.25) is 0 Å². The highest BCUT2D eigenvalue weighted by Crippen LogP contribution is 2.20. The first kappa shape index (κ1) is 14.3. The van der Waals surface area contributed by atoms with Crippen LogP contribution in [-0.2, 0) is 0 Å². The number of hydrogen-bond donors (Lipinski definition) is 1. The monoisotopic (exact) mass is 253 g/mol. The fourth-order valence-corrected chi connectivity index (χ4v) is 3.36. The number of rotatable bonds is 7. The fourth-order valence-electron chi connectivity index (χ4n) is 3.36. The number of unbranched alkanes of at least 4 members (excludes halogenated alkanes) is 1. The molecule has 0 radical (unpaired) electrons. The molecule has 0 aliphatic carbocycles. The van der Waals surface area contributed by atoms with Crippen molar-refractivity contribution in [2.24, 2.45) is 5.92 Å². The number of nitrogens with one attached hydrogen (secondary N) is 1. The molecule has 0 spiro atoms. The summed E-state index contributed by atoms with van der Waals surface area (Å²) in [5.41, 5.74) is 0. The van der Waals surface area contributed by atoms with Gasteiger partial charge >= 0.3 is 0 Å². The van der Waals surface area contributed by atoms with Gasteiger partial charge in [0.25, 0.3) is 0 Å². The Morgan fingerprint density at radius 1 is 0.944 bits per heavy atom. The summed E-state index contributed by atoms with van der Waals surface area (Å²) in [6.45, 7) is 9.29. The lowest BCUT2D eigenvalue weighted by Gasteiger charge is -2.33. The number of likely N-dealkylation sites (tertiary alicyclic amines) is 2. The van der Waals surface area contributed by atoms with E-state index in [0.29, 0.717) is 0 Å². The summed E-state index contributed by atoms with van der Waals surface area (Å²) in [6, 6.07) is 0. The van der Waals surface area contributed by atoms with Crippen molar-refractivity contribution in [1.82, 2.24) is 15.1 Å². The largest absolute Gasteiger partial charge is 0.320 e. The SMILES string of the molecule is CNCCCCN1CCC(CN2CCCC2)CC1. The van der Waals surface area contributed by atoms with Gasteiger partial charge in [0, 0.05) is 6.54 Å². The normalized spacial score (nSPS) is 23.8. The molecule has 0 aromatic carbocycles. The molecule has 0 bridgehead atoms. The second kappa shape index (κ2) is 8.13. The molecule has 106 valence electrons. The van der Waals surface area contributed by atoms with E-state index in [4.69, 9.17) is 0 Å². The lowest BCUT2D eigenvalue weighted by molar-refractivity contribution is 0.152. The third-order valence-corrected chi connectivity index (χ3v) is 4.57. The average Bonchev–Trinajstić information content (AvgIpc) is 2.89. The van der Waals surface area contributed by atoms with Crippen LogP contribution in [0.4, 0.5) is 0 Å². The van der Waals surface area contributed by atoms with E-state index < -0.39 is 0 Å². The second-order valence-corrected chi connectivity index (χ2v) is 6.10. The van der Waals surface area contributed by atoms with Crippen LogP contribution < -0.4 is 5.32 Å². The summed E-state index contributed by atoms with van der Waals surface area (Å²) < 4.78 is 0. The van der Waals surface area contributed by atoms with Crippen LogP contribution in [0.15, 0.2) is 0 Å². The van der Waals surface area contributed by atoms with Crippen molar-refractivity contribution in [1.29, 1.82) is 0 Å². The van der Waals surface area contributed by atoms with E-state index in [-0.39, 0.29) is 0 Å². The summed E-state index contributed by atoms with van der Waals surface area (Å²) in [5.74, 6) is 0.983. The minimum absolute atomic E-state index is 0.983. The van der Waals surface area contributed by atoms with Crippen molar-refractivity contribution in [3.63, 3.8) is 0 Å².